The van der Waals surface area contributed by atoms with Crippen molar-refractivity contribution in [3.63, 3.8) is 0 Å². The summed E-state index contributed by atoms with van der Waals surface area (Å²) in [6, 6.07) is 24.5. The van der Waals surface area contributed by atoms with Crippen molar-refractivity contribution in [3.8, 4) is 11.5 Å². The van der Waals surface area contributed by atoms with Gasteiger partial charge in [-0.25, -0.2) is 0 Å². The molecule has 0 aliphatic carbocycles. The van der Waals surface area contributed by atoms with E-state index in [1.54, 1.807) is 25.3 Å². The number of nitrogens with zero attached hydrogens (tertiary/aromatic N) is 1. The molecule has 0 spiro atoms. The van der Waals surface area contributed by atoms with Gasteiger partial charge in [-0.2, -0.15) is 0 Å². The Labute approximate surface area is 212 Å². The first-order chi connectivity index (χ1) is 16.8. The van der Waals surface area contributed by atoms with Crippen molar-refractivity contribution in [2.24, 2.45) is 0 Å². The number of hydrogen-bond acceptors (Lipinski definition) is 4. The van der Waals surface area contributed by atoms with Gasteiger partial charge in [0.15, 0.2) is 0 Å². The number of hydrogen-bond donors (Lipinski definition) is 1. The molecule has 3 aromatic rings. The Morgan fingerprint density at radius 3 is 2.06 bits per heavy atom. The average molecular weight is 494 g/mol. The van der Waals surface area contributed by atoms with Crippen molar-refractivity contribution < 1.29 is 19.4 Å². The predicted molar refractivity (Wildman–Crippen MR) is 139 cm³/mol. The van der Waals surface area contributed by atoms with E-state index in [0.29, 0.717) is 29.4 Å². The first kappa shape index (κ1) is 25.1. The second kappa shape index (κ2) is 10.3. The van der Waals surface area contributed by atoms with E-state index in [2.05, 4.69) is 18.7 Å². The minimum atomic E-state index is -1.12. The van der Waals surface area contributed by atoms with E-state index >= 15 is 0 Å². The van der Waals surface area contributed by atoms with Gasteiger partial charge in [0.1, 0.15) is 23.0 Å². The maximum atomic E-state index is 12.9. The summed E-state index contributed by atoms with van der Waals surface area (Å²) < 4.78 is 11.4. The fourth-order valence-electron chi connectivity index (χ4n) is 4.79. The number of carbonyl (C=O) groups is 1. The lowest BCUT2D eigenvalue weighted by molar-refractivity contribution is -0.143. The highest BCUT2D eigenvalue weighted by molar-refractivity contribution is 6.32. The Morgan fingerprint density at radius 1 is 0.971 bits per heavy atom. The first-order valence-electron chi connectivity index (χ1n) is 11.9. The third-order valence-electron chi connectivity index (χ3n) is 7.15. The summed E-state index contributed by atoms with van der Waals surface area (Å²) in [6.45, 7) is 5.84. The van der Waals surface area contributed by atoms with Crippen LogP contribution in [0, 0.1) is 0 Å². The fourth-order valence-corrected chi connectivity index (χ4v) is 4.96. The third-order valence-corrected chi connectivity index (χ3v) is 7.46. The lowest BCUT2D eigenvalue weighted by atomic mass is 9.69. The topological polar surface area (TPSA) is 59.0 Å². The van der Waals surface area contributed by atoms with E-state index < -0.39 is 11.4 Å². The van der Waals surface area contributed by atoms with E-state index in [4.69, 9.17) is 21.1 Å². The number of aliphatic carboxylic acids is 1. The van der Waals surface area contributed by atoms with Crippen molar-refractivity contribution in [2.75, 3.05) is 20.2 Å². The molecule has 1 saturated heterocycles. The molecule has 0 saturated carbocycles. The standard InChI is InChI=1S/C29H32ClNO4/c1-28(2,31-19-24(20-31)35-26-18-23(34-3)14-15-25(26)30)16-17-29(27(32)33,21-10-6-4-7-11-21)22-12-8-5-9-13-22/h4-15,18,24H,16-17,19-20H2,1-3H3,(H,32,33). The summed E-state index contributed by atoms with van der Waals surface area (Å²) in [4.78, 5) is 15.2. The molecule has 35 heavy (non-hydrogen) atoms. The van der Waals surface area contributed by atoms with Gasteiger partial charge in [-0.15, -0.1) is 0 Å². The fraction of sp³-hybridized carbons (Fsp3) is 0.345. The molecular weight excluding hydrogens is 462 g/mol. The predicted octanol–water partition coefficient (Wildman–Crippen LogP) is 6.04. The second-order valence-corrected chi connectivity index (χ2v) is 10.1. The molecule has 0 bridgehead atoms. The highest BCUT2D eigenvalue weighted by atomic mass is 35.5. The number of carboxylic acid groups (broad SMARTS) is 1. The van der Waals surface area contributed by atoms with Crippen LogP contribution in [0.3, 0.4) is 0 Å². The number of ether oxygens (including phenoxy) is 2. The average Bonchev–Trinajstić information content (AvgIpc) is 2.83. The molecule has 0 amide bonds. The van der Waals surface area contributed by atoms with Crippen LogP contribution in [0.4, 0.5) is 0 Å². The monoisotopic (exact) mass is 493 g/mol. The number of benzene rings is 3. The minimum absolute atomic E-state index is 0.0198. The Hall–Kier alpha value is -3.02. The quantitative estimate of drug-likeness (QED) is 0.373. The van der Waals surface area contributed by atoms with Crippen molar-refractivity contribution in [1.29, 1.82) is 0 Å². The summed E-state index contributed by atoms with van der Waals surface area (Å²) in [7, 11) is 1.61. The smallest absolute Gasteiger partial charge is 0.318 e. The molecule has 3 aromatic carbocycles. The molecule has 1 heterocycles. The molecule has 0 aromatic heterocycles. The van der Waals surface area contributed by atoms with E-state index in [-0.39, 0.29) is 11.6 Å². The zero-order valence-electron chi connectivity index (χ0n) is 20.4. The zero-order chi connectivity index (χ0) is 25.1. The van der Waals surface area contributed by atoms with Crippen LogP contribution in [0.1, 0.15) is 37.8 Å². The molecule has 1 fully saturated rings. The molecule has 0 radical (unpaired) electrons. The van der Waals surface area contributed by atoms with Crippen LogP contribution < -0.4 is 9.47 Å². The van der Waals surface area contributed by atoms with Gasteiger partial charge >= 0.3 is 5.97 Å². The van der Waals surface area contributed by atoms with Crippen molar-refractivity contribution in [3.05, 3.63) is 95.0 Å². The van der Waals surface area contributed by atoms with E-state index in [1.165, 1.54) is 0 Å². The number of halogens is 1. The van der Waals surface area contributed by atoms with Gasteiger partial charge in [-0.3, -0.25) is 9.69 Å². The third kappa shape index (κ3) is 5.16. The Balaban J connectivity index is 1.48. The van der Waals surface area contributed by atoms with Crippen molar-refractivity contribution in [1.82, 2.24) is 4.90 Å². The van der Waals surface area contributed by atoms with E-state index in [9.17, 15) is 9.90 Å². The highest BCUT2D eigenvalue weighted by Gasteiger charge is 2.45. The zero-order valence-corrected chi connectivity index (χ0v) is 21.2. The molecule has 1 aliphatic heterocycles. The first-order valence-corrected chi connectivity index (χ1v) is 12.2. The van der Waals surface area contributed by atoms with Crippen LogP contribution >= 0.6 is 11.6 Å². The van der Waals surface area contributed by atoms with Gasteiger partial charge < -0.3 is 14.6 Å². The minimum Gasteiger partial charge on any atom is -0.497 e. The summed E-state index contributed by atoms with van der Waals surface area (Å²) in [5.74, 6) is 0.488. The molecule has 0 unspecified atom stereocenters. The van der Waals surface area contributed by atoms with E-state index in [0.717, 1.165) is 24.2 Å². The van der Waals surface area contributed by atoms with Gasteiger partial charge in [0, 0.05) is 24.7 Å². The van der Waals surface area contributed by atoms with Crippen LogP contribution in [-0.4, -0.2) is 47.8 Å². The number of carboxylic acids is 1. The van der Waals surface area contributed by atoms with Crippen molar-refractivity contribution >= 4 is 17.6 Å². The maximum Gasteiger partial charge on any atom is 0.318 e. The molecular formula is C29H32ClNO4. The molecule has 5 nitrogen and oxygen atoms in total. The van der Waals surface area contributed by atoms with Gasteiger partial charge in [-0.05, 0) is 49.9 Å². The molecule has 1 N–H and O–H groups in total. The Morgan fingerprint density at radius 2 is 1.54 bits per heavy atom. The largest absolute Gasteiger partial charge is 0.497 e. The Kier molecular flexibility index (Phi) is 7.39. The van der Waals surface area contributed by atoms with Crippen LogP contribution in [0.5, 0.6) is 11.5 Å². The second-order valence-electron chi connectivity index (χ2n) is 9.70. The van der Waals surface area contributed by atoms with Crippen LogP contribution in [0.2, 0.25) is 5.02 Å². The normalized spacial score (nSPS) is 14.9. The van der Waals surface area contributed by atoms with Crippen LogP contribution in [0.15, 0.2) is 78.9 Å². The lowest BCUT2D eigenvalue weighted by Gasteiger charge is -2.49. The van der Waals surface area contributed by atoms with Gasteiger partial charge in [0.05, 0.1) is 12.1 Å². The molecule has 1 aliphatic rings. The van der Waals surface area contributed by atoms with Crippen molar-refractivity contribution in [2.45, 2.75) is 43.7 Å². The Bertz CT molecular complexity index is 1100. The molecule has 184 valence electrons. The van der Waals surface area contributed by atoms with Crippen LogP contribution in [-0.2, 0) is 10.2 Å². The summed E-state index contributed by atoms with van der Waals surface area (Å²) >= 11 is 6.30. The van der Waals surface area contributed by atoms with E-state index in [1.807, 2.05) is 60.7 Å². The number of likely N-dealkylation sites (tertiary alicyclic amines) is 1. The van der Waals surface area contributed by atoms with Gasteiger partial charge in [0.25, 0.3) is 0 Å². The van der Waals surface area contributed by atoms with Crippen LogP contribution in [0.25, 0.3) is 0 Å². The molecule has 4 rings (SSSR count). The summed E-state index contributed by atoms with van der Waals surface area (Å²) in [5, 5.41) is 11.1. The highest BCUT2D eigenvalue weighted by Crippen LogP contribution is 2.41. The SMILES string of the molecule is COc1ccc(Cl)c(OC2CN(C(C)(C)CCC(C(=O)O)(c3ccccc3)c3ccccc3)C2)c1. The molecule has 6 heteroatoms. The maximum absolute atomic E-state index is 12.9. The summed E-state index contributed by atoms with van der Waals surface area (Å²) in [5.41, 5.74) is 0.274. The number of rotatable bonds is 10. The lowest BCUT2D eigenvalue weighted by Crippen LogP contribution is -2.62. The van der Waals surface area contributed by atoms with Gasteiger partial charge in [-0.1, -0.05) is 72.3 Å². The summed E-state index contributed by atoms with van der Waals surface area (Å²) in [6.07, 6.45) is 1.20. The molecule has 0 atom stereocenters. The van der Waals surface area contributed by atoms with Gasteiger partial charge in [0.2, 0.25) is 0 Å². The number of methoxy groups -OCH3 is 1.